The van der Waals surface area contributed by atoms with Gasteiger partial charge in [0.1, 0.15) is 29.3 Å². The van der Waals surface area contributed by atoms with Crippen molar-refractivity contribution in [2.24, 2.45) is 0 Å². The monoisotopic (exact) mass is 398 g/mol. The second-order valence-corrected chi connectivity index (χ2v) is 6.80. The van der Waals surface area contributed by atoms with Crippen molar-refractivity contribution in [1.82, 2.24) is 10.3 Å². The number of amides is 1. The smallest absolute Gasteiger partial charge is 0.224 e. The third kappa shape index (κ3) is 4.08. The van der Waals surface area contributed by atoms with E-state index in [4.69, 9.17) is 4.74 Å². The molecule has 2 aromatic carbocycles. The predicted octanol–water partition coefficient (Wildman–Crippen LogP) is 3.83. The number of fused-ring (bicyclic) bond motifs is 1. The molecule has 148 valence electrons. The quantitative estimate of drug-likeness (QED) is 0.711. The lowest BCUT2D eigenvalue weighted by Crippen LogP contribution is -2.35. The van der Waals surface area contributed by atoms with E-state index >= 15 is 0 Å². The summed E-state index contributed by atoms with van der Waals surface area (Å²) in [5.74, 6) is -2.99. The first-order valence-electron chi connectivity index (χ1n) is 9.10. The maximum Gasteiger partial charge on any atom is 0.224 e. The molecule has 0 saturated carbocycles. The summed E-state index contributed by atoms with van der Waals surface area (Å²) >= 11 is 0. The number of hydrogen-bond acceptors (Lipinski definition) is 3. The summed E-state index contributed by atoms with van der Waals surface area (Å²) in [4.78, 5) is 16.1. The van der Waals surface area contributed by atoms with Gasteiger partial charge in [-0.05, 0) is 23.3 Å². The van der Waals surface area contributed by atoms with E-state index < -0.39 is 35.3 Å². The van der Waals surface area contributed by atoms with Gasteiger partial charge in [-0.15, -0.1) is 0 Å². The standard InChI is InChI=1S/C22H17F3N2O2/c23-15-9-19(24)18(20(25)10-15)11-21(28)27-12-16-8-14-2-1-3-17(22(14)29-16)13-4-6-26-7-5-13/h1-7,9-10,16H,8,11-12H2,(H,27,28)/t16-/m0/s1. The minimum absolute atomic E-state index is 0.188. The van der Waals surface area contributed by atoms with Gasteiger partial charge in [-0.1, -0.05) is 18.2 Å². The van der Waals surface area contributed by atoms with Gasteiger partial charge in [0, 0.05) is 42.1 Å². The number of para-hydroxylation sites is 1. The molecule has 1 amide bonds. The summed E-state index contributed by atoms with van der Waals surface area (Å²) in [6.07, 6.45) is 3.21. The molecule has 0 fully saturated rings. The fourth-order valence-electron chi connectivity index (χ4n) is 3.40. The summed E-state index contributed by atoms with van der Waals surface area (Å²) in [5.41, 5.74) is 2.48. The van der Waals surface area contributed by atoms with E-state index in [-0.39, 0.29) is 12.6 Å². The number of carbonyl (C=O) groups is 1. The Hall–Kier alpha value is -3.35. The molecule has 4 nitrogen and oxygen atoms in total. The lowest BCUT2D eigenvalue weighted by Gasteiger charge is -2.14. The number of nitrogens with one attached hydrogen (secondary N) is 1. The first-order valence-corrected chi connectivity index (χ1v) is 9.10. The van der Waals surface area contributed by atoms with Crippen molar-refractivity contribution in [2.75, 3.05) is 6.54 Å². The van der Waals surface area contributed by atoms with Crippen LogP contribution in [0.3, 0.4) is 0 Å². The van der Waals surface area contributed by atoms with Gasteiger partial charge in [0.15, 0.2) is 0 Å². The highest BCUT2D eigenvalue weighted by Gasteiger charge is 2.26. The zero-order chi connectivity index (χ0) is 20.4. The Morgan fingerprint density at radius 1 is 1.10 bits per heavy atom. The molecule has 4 rings (SSSR count). The van der Waals surface area contributed by atoms with Gasteiger partial charge in [0.25, 0.3) is 0 Å². The first kappa shape index (κ1) is 19.0. The molecule has 1 aliphatic rings. The van der Waals surface area contributed by atoms with Crippen LogP contribution < -0.4 is 10.1 Å². The number of hydrogen-bond donors (Lipinski definition) is 1. The Bertz CT molecular complexity index is 1030. The third-order valence-corrected chi connectivity index (χ3v) is 4.79. The molecule has 0 unspecified atom stereocenters. The number of ether oxygens (including phenoxy) is 1. The summed E-state index contributed by atoms with van der Waals surface area (Å²) in [6, 6.07) is 10.8. The number of benzene rings is 2. The number of pyridine rings is 1. The highest BCUT2D eigenvalue weighted by Crippen LogP contribution is 2.38. The molecule has 0 saturated heterocycles. The van der Waals surface area contributed by atoms with Crippen molar-refractivity contribution >= 4 is 5.91 Å². The van der Waals surface area contributed by atoms with E-state index in [0.29, 0.717) is 18.6 Å². The van der Waals surface area contributed by atoms with E-state index in [1.807, 2.05) is 30.3 Å². The maximum atomic E-state index is 13.7. The molecule has 1 N–H and O–H groups in total. The summed E-state index contributed by atoms with van der Waals surface area (Å²) in [6.45, 7) is 0.188. The number of carbonyl (C=O) groups excluding carboxylic acids is 1. The van der Waals surface area contributed by atoms with Crippen LogP contribution in [-0.2, 0) is 17.6 Å². The Labute approximate surface area is 165 Å². The van der Waals surface area contributed by atoms with Crippen LogP contribution in [0.15, 0.2) is 54.9 Å². The maximum absolute atomic E-state index is 13.7. The van der Waals surface area contributed by atoms with Crippen LogP contribution in [0.1, 0.15) is 11.1 Å². The van der Waals surface area contributed by atoms with Crippen LogP contribution in [0, 0.1) is 17.5 Å². The summed E-state index contributed by atoms with van der Waals surface area (Å²) in [7, 11) is 0. The van der Waals surface area contributed by atoms with Gasteiger partial charge < -0.3 is 10.1 Å². The number of halogens is 3. The van der Waals surface area contributed by atoms with Gasteiger partial charge in [-0.2, -0.15) is 0 Å². The fraction of sp³-hybridized carbons (Fsp3) is 0.182. The highest BCUT2D eigenvalue weighted by atomic mass is 19.1. The average Bonchev–Trinajstić information content (AvgIpc) is 3.13. The second kappa shape index (κ2) is 7.95. The molecular formula is C22H17F3N2O2. The number of nitrogens with zero attached hydrogens (tertiary/aromatic N) is 1. The minimum atomic E-state index is -1.08. The van der Waals surface area contributed by atoms with E-state index in [1.165, 1.54) is 0 Å². The van der Waals surface area contributed by atoms with E-state index in [2.05, 4.69) is 10.3 Å². The first-order chi connectivity index (χ1) is 14.0. The topological polar surface area (TPSA) is 51.2 Å². The molecule has 29 heavy (non-hydrogen) atoms. The van der Waals surface area contributed by atoms with Gasteiger partial charge in [0.05, 0.1) is 13.0 Å². The molecular weight excluding hydrogens is 381 g/mol. The largest absolute Gasteiger partial charge is 0.487 e. The molecule has 0 aliphatic carbocycles. The third-order valence-electron chi connectivity index (χ3n) is 4.79. The van der Waals surface area contributed by atoms with Crippen molar-refractivity contribution in [3.05, 3.63) is 83.4 Å². The predicted molar refractivity (Wildman–Crippen MR) is 101 cm³/mol. The van der Waals surface area contributed by atoms with Gasteiger partial charge in [-0.3, -0.25) is 9.78 Å². The minimum Gasteiger partial charge on any atom is -0.487 e. The second-order valence-electron chi connectivity index (χ2n) is 6.80. The van der Waals surface area contributed by atoms with Gasteiger partial charge in [-0.25, -0.2) is 13.2 Å². The molecule has 2 heterocycles. The summed E-state index contributed by atoms with van der Waals surface area (Å²) in [5, 5.41) is 2.64. The normalized spacial score (nSPS) is 14.9. The molecule has 0 spiro atoms. The molecule has 0 bridgehead atoms. The Morgan fingerprint density at radius 2 is 1.83 bits per heavy atom. The molecule has 3 aromatic rings. The van der Waals surface area contributed by atoms with E-state index in [1.54, 1.807) is 12.4 Å². The van der Waals surface area contributed by atoms with Crippen molar-refractivity contribution < 1.29 is 22.7 Å². The van der Waals surface area contributed by atoms with Crippen molar-refractivity contribution in [3.8, 4) is 16.9 Å². The number of rotatable bonds is 5. The summed E-state index contributed by atoms with van der Waals surface area (Å²) < 4.78 is 46.4. The lowest BCUT2D eigenvalue weighted by molar-refractivity contribution is -0.120. The number of aromatic nitrogens is 1. The lowest BCUT2D eigenvalue weighted by atomic mass is 10.0. The van der Waals surface area contributed by atoms with Gasteiger partial charge in [0.2, 0.25) is 5.91 Å². The zero-order valence-corrected chi connectivity index (χ0v) is 15.3. The van der Waals surface area contributed by atoms with Crippen LogP contribution in [0.2, 0.25) is 0 Å². The average molecular weight is 398 g/mol. The van der Waals surface area contributed by atoms with Crippen LogP contribution in [0.5, 0.6) is 5.75 Å². The highest BCUT2D eigenvalue weighted by molar-refractivity contribution is 5.79. The molecule has 1 atom stereocenters. The van der Waals surface area contributed by atoms with Crippen molar-refractivity contribution in [2.45, 2.75) is 18.9 Å². The van der Waals surface area contributed by atoms with E-state index in [9.17, 15) is 18.0 Å². The molecule has 1 aliphatic heterocycles. The zero-order valence-electron chi connectivity index (χ0n) is 15.3. The molecule has 0 radical (unpaired) electrons. The SMILES string of the molecule is O=C(Cc1c(F)cc(F)cc1F)NC[C@@H]1Cc2cccc(-c3ccncc3)c2O1. The van der Waals surface area contributed by atoms with Gasteiger partial charge >= 0.3 is 0 Å². The Balaban J connectivity index is 1.40. The molecule has 7 heteroatoms. The Morgan fingerprint density at radius 3 is 2.55 bits per heavy atom. The van der Waals surface area contributed by atoms with E-state index in [0.717, 1.165) is 22.4 Å². The molecule has 1 aromatic heterocycles. The van der Waals surface area contributed by atoms with Crippen LogP contribution in [0.25, 0.3) is 11.1 Å². The fourth-order valence-corrected chi connectivity index (χ4v) is 3.40. The van der Waals surface area contributed by atoms with Crippen molar-refractivity contribution in [3.63, 3.8) is 0 Å². The van der Waals surface area contributed by atoms with Crippen LogP contribution in [-0.4, -0.2) is 23.5 Å². The van der Waals surface area contributed by atoms with Crippen molar-refractivity contribution in [1.29, 1.82) is 0 Å². The van der Waals surface area contributed by atoms with Crippen LogP contribution >= 0.6 is 0 Å². The van der Waals surface area contributed by atoms with Crippen LogP contribution in [0.4, 0.5) is 13.2 Å². The Kier molecular flexibility index (Phi) is 5.20.